The van der Waals surface area contributed by atoms with Gasteiger partial charge in [-0.2, -0.15) is 0 Å². The molecule has 0 fully saturated rings. The first-order valence-corrected chi connectivity index (χ1v) is 12.2. The number of amides is 2. The Morgan fingerprint density at radius 2 is 1.75 bits per heavy atom. The second-order valence-electron chi connectivity index (χ2n) is 7.87. The van der Waals surface area contributed by atoms with E-state index >= 15 is 0 Å². The molecule has 2 aromatic carbocycles. The number of halogens is 4. The number of rotatable bonds is 10. The maximum absolute atomic E-state index is 14.5. The lowest BCUT2D eigenvalue weighted by atomic mass is 10.1. The van der Waals surface area contributed by atoms with E-state index in [1.54, 1.807) is 6.92 Å². The molecule has 36 heavy (non-hydrogen) atoms. The Balaban J connectivity index is 1.67. The number of benzene rings is 2. The molecule has 7 nitrogen and oxygen atoms in total. The Bertz CT molecular complexity index is 1190. The van der Waals surface area contributed by atoms with Gasteiger partial charge in [-0.15, -0.1) is 0 Å². The van der Waals surface area contributed by atoms with Crippen molar-refractivity contribution >= 4 is 34.9 Å². The molecule has 0 aliphatic carbocycles. The molecule has 2 N–H and O–H groups in total. The molecule has 0 aliphatic heterocycles. The van der Waals surface area contributed by atoms with Crippen molar-refractivity contribution in [1.82, 2.24) is 20.2 Å². The Morgan fingerprint density at radius 3 is 2.42 bits per heavy atom. The highest BCUT2D eigenvalue weighted by atomic mass is 35.5. The lowest BCUT2D eigenvalue weighted by molar-refractivity contribution is 0.216. The van der Waals surface area contributed by atoms with E-state index in [2.05, 4.69) is 39.3 Å². The lowest BCUT2D eigenvalue weighted by Gasteiger charge is -2.19. The van der Waals surface area contributed by atoms with Gasteiger partial charge in [-0.05, 0) is 50.3 Å². The number of anilines is 1. The number of ether oxygens (including phenoxy) is 1. The fourth-order valence-electron chi connectivity index (χ4n) is 3.48. The predicted molar refractivity (Wildman–Crippen MR) is 138 cm³/mol. The molecule has 0 aliphatic rings. The van der Waals surface area contributed by atoms with Gasteiger partial charge in [0.1, 0.15) is 11.9 Å². The third-order valence-electron chi connectivity index (χ3n) is 5.50. The van der Waals surface area contributed by atoms with E-state index in [0.717, 1.165) is 25.7 Å². The Morgan fingerprint density at radius 1 is 1.08 bits per heavy atom. The zero-order valence-electron chi connectivity index (χ0n) is 20.1. The van der Waals surface area contributed by atoms with Crippen LogP contribution in [0.15, 0.2) is 42.7 Å². The molecule has 0 saturated carbocycles. The molecule has 11 heteroatoms. The van der Waals surface area contributed by atoms with Crippen LogP contribution in [-0.4, -0.2) is 47.1 Å². The van der Waals surface area contributed by atoms with Crippen molar-refractivity contribution in [3.8, 4) is 17.1 Å². The van der Waals surface area contributed by atoms with Gasteiger partial charge in [0.15, 0.2) is 17.4 Å². The summed E-state index contributed by atoms with van der Waals surface area (Å²) in [6.07, 6.45) is 2.06. The van der Waals surface area contributed by atoms with Crippen molar-refractivity contribution in [2.75, 3.05) is 31.5 Å². The summed E-state index contributed by atoms with van der Waals surface area (Å²) in [5.74, 6) is -1.09. The topological polar surface area (TPSA) is 79.4 Å². The van der Waals surface area contributed by atoms with Crippen LogP contribution in [0.2, 0.25) is 10.0 Å². The Hall–Kier alpha value is -3.01. The minimum absolute atomic E-state index is 0.102. The smallest absolute Gasteiger partial charge is 0.319 e. The molecule has 1 unspecified atom stereocenters. The van der Waals surface area contributed by atoms with E-state index < -0.39 is 17.7 Å². The second kappa shape index (κ2) is 12.8. The normalized spacial score (nSPS) is 11.9. The quantitative estimate of drug-likeness (QED) is 0.295. The lowest BCUT2D eigenvalue weighted by Crippen LogP contribution is -2.36. The highest BCUT2D eigenvalue weighted by Crippen LogP contribution is 2.36. The summed E-state index contributed by atoms with van der Waals surface area (Å²) in [7, 11) is 0. The van der Waals surface area contributed by atoms with Gasteiger partial charge in [0, 0.05) is 29.2 Å². The van der Waals surface area contributed by atoms with Crippen LogP contribution in [0, 0.1) is 11.6 Å². The SMILES string of the molecule is CCN(CC)CCNC(=O)Nc1cnc(-c2ccc(F)c(OC(C)c3c(Cl)ccc(F)c3Cl)c2)nc1. The Kier molecular flexibility index (Phi) is 9.81. The predicted octanol–water partition coefficient (Wildman–Crippen LogP) is 6.33. The van der Waals surface area contributed by atoms with Crippen molar-refractivity contribution in [1.29, 1.82) is 0 Å². The fourth-order valence-corrected chi connectivity index (χ4v) is 4.16. The molecule has 0 spiro atoms. The van der Waals surface area contributed by atoms with Crippen LogP contribution in [0.5, 0.6) is 5.75 Å². The van der Waals surface area contributed by atoms with E-state index in [0.29, 0.717) is 23.6 Å². The molecule has 0 bridgehead atoms. The van der Waals surface area contributed by atoms with Gasteiger partial charge in [0.05, 0.1) is 23.1 Å². The van der Waals surface area contributed by atoms with Crippen LogP contribution in [0.4, 0.5) is 19.3 Å². The summed E-state index contributed by atoms with van der Waals surface area (Å²) in [5.41, 5.74) is 1.09. The van der Waals surface area contributed by atoms with Gasteiger partial charge >= 0.3 is 6.03 Å². The summed E-state index contributed by atoms with van der Waals surface area (Å²) in [6.45, 7) is 8.80. The van der Waals surface area contributed by atoms with Crippen molar-refractivity contribution in [2.45, 2.75) is 26.9 Å². The molecule has 3 rings (SSSR count). The summed E-state index contributed by atoms with van der Waals surface area (Å²) < 4.78 is 34.1. The number of carbonyl (C=O) groups excluding carboxylic acids is 1. The zero-order valence-corrected chi connectivity index (χ0v) is 21.6. The molecule has 2 amide bonds. The van der Waals surface area contributed by atoms with Crippen LogP contribution >= 0.6 is 23.2 Å². The van der Waals surface area contributed by atoms with Gasteiger partial charge in [-0.25, -0.2) is 23.5 Å². The standard InChI is InChI=1S/C25H27Cl2F2N5O2/c1-4-34(5-2)11-10-30-25(35)33-17-13-31-24(32-14-17)16-6-8-19(28)21(12-16)36-15(3)22-18(26)7-9-20(29)23(22)27/h6-9,12-15H,4-5,10-11H2,1-3H3,(H2,30,33,35). The number of urea groups is 1. The fraction of sp³-hybridized carbons (Fsp3) is 0.320. The van der Waals surface area contributed by atoms with Crippen molar-refractivity contribution in [3.63, 3.8) is 0 Å². The molecule has 1 heterocycles. The van der Waals surface area contributed by atoms with E-state index in [4.69, 9.17) is 27.9 Å². The van der Waals surface area contributed by atoms with Crippen molar-refractivity contribution in [3.05, 3.63) is 70.0 Å². The molecular formula is C25H27Cl2F2N5O2. The van der Waals surface area contributed by atoms with Crippen LogP contribution in [0.1, 0.15) is 32.4 Å². The van der Waals surface area contributed by atoms with E-state index in [1.807, 2.05) is 0 Å². The molecule has 0 saturated heterocycles. The maximum Gasteiger partial charge on any atom is 0.319 e. The molecule has 0 radical (unpaired) electrons. The number of nitrogens with zero attached hydrogens (tertiary/aromatic N) is 3. The number of hydrogen-bond donors (Lipinski definition) is 2. The zero-order chi connectivity index (χ0) is 26.2. The number of hydrogen-bond acceptors (Lipinski definition) is 5. The molecular weight excluding hydrogens is 511 g/mol. The maximum atomic E-state index is 14.5. The third kappa shape index (κ3) is 7.02. The minimum atomic E-state index is -0.835. The molecule has 192 valence electrons. The van der Waals surface area contributed by atoms with Crippen LogP contribution < -0.4 is 15.4 Å². The third-order valence-corrected chi connectivity index (χ3v) is 6.21. The largest absolute Gasteiger partial charge is 0.483 e. The van der Waals surface area contributed by atoms with Crippen molar-refractivity contribution < 1.29 is 18.3 Å². The first kappa shape index (κ1) is 27.6. The second-order valence-corrected chi connectivity index (χ2v) is 8.65. The van der Waals surface area contributed by atoms with Crippen LogP contribution in [-0.2, 0) is 0 Å². The monoisotopic (exact) mass is 537 g/mol. The van der Waals surface area contributed by atoms with Crippen LogP contribution in [0.3, 0.4) is 0 Å². The van der Waals surface area contributed by atoms with Crippen molar-refractivity contribution in [2.24, 2.45) is 0 Å². The first-order chi connectivity index (χ1) is 17.2. The van der Waals surface area contributed by atoms with E-state index in [-0.39, 0.29) is 27.4 Å². The number of carbonyl (C=O) groups is 1. The van der Waals surface area contributed by atoms with Gasteiger partial charge in [0.25, 0.3) is 0 Å². The van der Waals surface area contributed by atoms with Gasteiger partial charge in [0.2, 0.25) is 0 Å². The molecule has 1 atom stereocenters. The van der Waals surface area contributed by atoms with Crippen LogP contribution in [0.25, 0.3) is 11.4 Å². The number of nitrogens with one attached hydrogen (secondary N) is 2. The number of likely N-dealkylation sites (N-methyl/N-ethyl adjacent to an activating group) is 1. The summed E-state index contributed by atoms with van der Waals surface area (Å²) in [5, 5.41) is 5.48. The van der Waals surface area contributed by atoms with Gasteiger partial charge in [-0.3, -0.25) is 0 Å². The average Bonchev–Trinajstić information content (AvgIpc) is 2.86. The van der Waals surface area contributed by atoms with Gasteiger partial charge < -0.3 is 20.3 Å². The molecule has 3 aromatic rings. The molecule has 1 aromatic heterocycles. The minimum Gasteiger partial charge on any atom is -0.483 e. The Labute approximate surface area is 218 Å². The number of aromatic nitrogens is 2. The summed E-state index contributed by atoms with van der Waals surface area (Å²) in [4.78, 5) is 22.8. The summed E-state index contributed by atoms with van der Waals surface area (Å²) in [6, 6.07) is 6.28. The highest BCUT2D eigenvalue weighted by molar-refractivity contribution is 6.36. The average molecular weight is 538 g/mol. The van der Waals surface area contributed by atoms with E-state index in [9.17, 15) is 13.6 Å². The summed E-state index contributed by atoms with van der Waals surface area (Å²) >= 11 is 12.2. The van der Waals surface area contributed by atoms with Gasteiger partial charge in [-0.1, -0.05) is 37.0 Å². The highest BCUT2D eigenvalue weighted by Gasteiger charge is 2.20. The van der Waals surface area contributed by atoms with E-state index in [1.165, 1.54) is 36.7 Å². The first-order valence-electron chi connectivity index (χ1n) is 11.4.